The first-order chi connectivity index (χ1) is 6.22. The van der Waals surface area contributed by atoms with Crippen LogP contribution in [0.2, 0.25) is 5.15 Å². The fourth-order valence-corrected chi connectivity index (χ4v) is 1.73. The molecule has 0 saturated heterocycles. The van der Waals surface area contributed by atoms with E-state index in [0.29, 0.717) is 16.3 Å². The number of imidazole rings is 1. The molecule has 68 valence electrons. The fourth-order valence-electron chi connectivity index (χ4n) is 1.01. The van der Waals surface area contributed by atoms with E-state index < -0.39 is 0 Å². The third kappa shape index (κ3) is 1.44. The first-order valence-electron chi connectivity index (χ1n) is 3.42. The van der Waals surface area contributed by atoms with Gasteiger partial charge in [0.25, 0.3) is 0 Å². The van der Waals surface area contributed by atoms with E-state index >= 15 is 0 Å². The normalized spacial score (nSPS) is 10.9. The standard InChI is InChI=1S/C6H5ClIN5/c7-4-3-5(12-6(9)11-4)13(1-8)2-10-3/h2H,1H2,(H2,9,11,12). The molecule has 0 aliphatic carbocycles. The second kappa shape index (κ2) is 3.26. The van der Waals surface area contributed by atoms with E-state index in [1.807, 2.05) is 4.57 Å². The molecule has 0 aromatic carbocycles. The topological polar surface area (TPSA) is 69.6 Å². The van der Waals surface area contributed by atoms with Crippen molar-refractivity contribution in [2.45, 2.75) is 4.55 Å². The number of nitrogens with two attached hydrogens (primary N) is 1. The van der Waals surface area contributed by atoms with Crippen LogP contribution in [-0.2, 0) is 4.55 Å². The molecule has 2 rings (SSSR count). The number of nitrogens with zero attached hydrogens (tertiary/aromatic N) is 4. The molecule has 7 heteroatoms. The fraction of sp³-hybridized carbons (Fsp3) is 0.167. The maximum atomic E-state index is 5.82. The van der Waals surface area contributed by atoms with Crippen molar-refractivity contribution in [3.05, 3.63) is 11.5 Å². The molecule has 2 aromatic heterocycles. The lowest BCUT2D eigenvalue weighted by atomic mass is 10.5. The van der Waals surface area contributed by atoms with Crippen molar-refractivity contribution in [1.29, 1.82) is 0 Å². The average Bonchev–Trinajstić information content (AvgIpc) is 2.47. The Labute approximate surface area is 92.5 Å². The van der Waals surface area contributed by atoms with Gasteiger partial charge in [-0.25, -0.2) is 4.98 Å². The van der Waals surface area contributed by atoms with Crippen LogP contribution in [0.1, 0.15) is 0 Å². The zero-order chi connectivity index (χ0) is 9.42. The molecular formula is C6H5ClIN5. The summed E-state index contributed by atoms with van der Waals surface area (Å²) in [6, 6.07) is 0. The van der Waals surface area contributed by atoms with E-state index in [2.05, 4.69) is 37.5 Å². The maximum absolute atomic E-state index is 5.82. The van der Waals surface area contributed by atoms with Gasteiger partial charge in [0.15, 0.2) is 10.8 Å². The Kier molecular flexibility index (Phi) is 2.24. The predicted molar refractivity (Wildman–Crippen MR) is 58.8 cm³/mol. The van der Waals surface area contributed by atoms with E-state index in [4.69, 9.17) is 17.3 Å². The van der Waals surface area contributed by atoms with Crippen LogP contribution in [0.4, 0.5) is 5.95 Å². The van der Waals surface area contributed by atoms with E-state index in [0.717, 1.165) is 4.55 Å². The number of rotatable bonds is 1. The SMILES string of the molecule is Nc1nc(Cl)c2ncn(CI)c2n1. The van der Waals surface area contributed by atoms with Crippen molar-refractivity contribution in [2.24, 2.45) is 0 Å². The van der Waals surface area contributed by atoms with Crippen molar-refractivity contribution in [2.75, 3.05) is 5.73 Å². The van der Waals surface area contributed by atoms with Gasteiger partial charge in [-0.3, -0.25) is 0 Å². The molecule has 0 atom stereocenters. The first kappa shape index (κ1) is 8.95. The summed E-state index contributed by atoms with van der Waals surface area (Å²) in [6.45, 7) is 0. The van der Waals surface area contributed by atoms with Gasteiger partial charge >= 0.3 is 0 Å². The molecule has 13 heavy (non-hydrogen) atoms. The van der Waals surface area contributed by atoms with Crippen molar-refractivity contribution < 1.29 is 0 Å². The zero-order valence-electron chi connectivity index (χ0n) is 6.41. The van der Waals surface area contributed by atoms with E-state index in [-0.39, 0.29) is 5.95 Å². The van der Waals surface area contributed by atoms with Crippen LogP contribution in [-0.4, -0.2) is 19.5 Å². The summed E-state index contributed by atoms with van der Waals surface area (Å²) in [4.78, 5) is 11.9. The number of hydrogen-bond acceptors (Lipinski definition) is 4. The molecule has 2 aromatic rings. The van der Waals surface area contributed by atoms with Crippen molar-refractivity contribution in [3.63, 3.8) is 0 Å². The number of fused-ring (bicyclic) bond motifs is 1. The lowest BCUT2D eigenvalue weighted by molar-refractivity contribution is 0.929. The Morgan fingerprint density at radius 1 is 1.54 bits per heavy atom. The van der Waals surface area contributed by atoms with Crippen LogP contribution in [0.5, 0.6) is 0 Å². The van der Waals surface area contributed by atoms with Gasteiger partial charge in [0, 0.05) is 0 Å². The summed E-state index contributed by atoms with van der Waals surface area (Å²) in [5.74, 6) is 0.170. The molecule has 0 bridgehead atoms. The van der Waals surface area contributed by atoms with Gasteiger partial charge in [-0.05, 0) is 0 Å². The van der Waals surface area contributed by atoms with E-state index in [1.54, 1.807) is 6.33 Å². The highest BCUT2D eigenvalue weighted by atomic mass is 127. The third-order valence-corrected chi connectivity index (χ3v) is 2.57. The molecule has 0 aliphatic rings. The minimum Gasteiger partial charge on any atom is -0.368 e. The maximum Gasteiger partial charge on any atom is 0.223 e. The minimum atomic E-state index is 0.170. The largest absolute Gasteiger partial charge is 0.368 e. The highest BCUT2D eigenvalue weighted by Gasteiger charge is 2.09. The average molecular weight is 309 g/mol. The molecule has 0 saturated carbocycles. The molecule has 2 N–H and O–H groups in total. The summed E-state index contributed by atoms with van der Waals surface area (Å²) in [5, 5.41) is 0.297. The Hall–Kier alpha value is -0.630. The number of halogens is 2. The van der Waals surface area contributed by atoms with Gasteiger partial charge in [-0.2, -0.15) is 9.97 Å². The quantitative estimate of drug-likeness (QED) is 0.492. The first-order valence-corrected chi connectivity index (χ1v) is 5.32. The van der Waals surface area contributed by atoms with Gasteiger partial charge in [-0.1, -0.05) is 34.2 Å². The highest BCUT2D eigenvalue weighted by Crippen LogP contribution is 2.19. The Morgan fingerprint density at radius 3 is 3.00 bits per heavy atom. The second-order valence-electron chi connectivity index (χ2n) is 2.38. The Balaban J connectivity index is 2.82. The molecule has 0 aliphatic heterocycles. The second-order valence-corrected chi connectivity index (χ2v) is 3.42. The number of anilines is 1. The summed E-state index contributed by atoms with van der Waals surface area (Å²) in [6.07, 6.45) is 1.66. The summed E-state index contributed by atoms with van der Waals surface area (Å²) >= 11 is 8.02. The molecule has 0 spiro atoms. The lowest BCUT2D eigenvalue weighted by Crippen LogP contribution is -1.98. The number of hydrogen-bond donors (Lipinski definition) is 1. The number of nitrogen functional groups attached to an aromatic ring is 1. The smallest absolute Gasteiger partial charge is 0.223 e. The monoisotopic (exact) mass is 309 g/mol. The van der Waals surface area contributed by atoms with Crippen molar-refractivity contribution in [1.82, 2.24) is 19.5 Å². The van der Waals surface area contributed by atoms with Crippen molar-refractivity contribution in [3.8, 4) is 0 Å². The van der Waals surface area contributed by atoms with Gasteiger partial charge in [0.1, 0.15) is 5.52 Å². The Morgan fingerprint density at radius 2 is 2.31 bits per heavy atom. The molecule has 0 fully saturated rings. The third-order valence-electron chi connectivity index (χ3n) is 1.57. The number of aromatic nitrogens is 4. The van der Waals surface area contributed by atoms with Crippen LogP contribution in [0.3, 0.4) is 0 Å². The molecule has 5 nitrogen and oxygen atoms in total. The summed E-state index contributed by atoms with van der Waals surface area (Å²) in [7, 11) is 0. The van der Waals surface area contributed by atoms with Gasteiger partial charge < -0.3 is 10.3 Å². The van der Waals surface area contributed by atoms with Crippen LogP contribution in [0.15, 0.2) is 6.33 Å². The van der Waals surface area contributed by atoms with E-state index in [9.17, 15) is 0 Å². The zero-order valence-corrected chi connectivity index (χ0v) is 9.32. The molecular weight excluding hydrogens is 304 g/mol. The van der Waals surface area contributed by atoms with Crippen molar-refractivity contribution >= 4 is 51.3 Å². The van der Waals surface area contributed by atoms with Crippen LogP contribution in [0, 0.1) is 0 Å². The highest BCUT2D eigenvalue weighted by molar-refractivity contribution is 14.1. The van der Waals surface area contributed by atoms with Gasteiger partial charge in [0.05, 0.1) is 10.9 Å². The molecule has 2 heterocycles. The molecule has 0 unspecified atom stereocenters. The number of alkyl halides is 1. The lowest BCUT2D eigenvalue weighted by Gasteiger charge is -1.98. The van der Waals surface area contributed by atoms with Crippen LogP contribution in [0.25, 0.3) is 11.2 Å². The van der Waals surface area contributed by atoms with Crippen LogP contribution < -0.4 is 5.73 Å². The van der Waals surface area contributed by atoms with Gasteiger partial charge in [0.2, 0.25) is 5.95 Å². The summed E-state index contributed by atoms with van der Waals surface area (Å²) in [5.41, 5.74) is 6.72. The summed E-state index contributed by atoms with van der Waals surface area (Å²) < 4.78 is 2.60. The minimum absolute atomic E-state index is 0.170. The van der Waals surface area contributed by atoms with Crippen LogP contribution >= 0.6 is 34.2 Å². The predicted octanol–water partition coefficient (Wildman–Crippen LogP) is 1.45. The van der Waals surface area contributed by atoms with E-state index in [1.165, 1.54) is 0 Å². The Bertz CT molecular complexity index is 453. The molecule has 0 amide bonds. The van der Waals surface area contributed by atoms with Gasteiger partial charge in [-0.15, -0.1) is 0 Å². The molecule has 0 radical (unpaired) electrons.